The fraction of sp³-hybridized carbons (Fsp3) is 0.600. The van der Waals surface area contributed by atoms with E-state index in [0.29, 0.717) is 5.56 Å². The third-order valence-corrected chi connectivity index (χ3v) is 3.11. The number of carbonyl (C=O) groups is 1. The van der Waals surface area contributed by atoms with Gasteiger partial charge in [-0.1, -0.05) is 6.92 Å². The summed E-state index contributed by atoms with van der Waals surface area (Å²) in [6, 6.07) is 0. The van der Waals surface area contributed by atoms with Gasteiger partial charge in [-0.25, -0.2) is 0 Å². The molecule has 0 aliphatic carbocycles. The van der Waals surface area contributed by atoms with Crippen LogP contribution in [0.1, 0.15) is 35.8 Å². The van der Waals surface area contributed by atoms with Gasteiger partial charge in [0.05, 0.1) is 17.5 Å². The molecule has 0 spiro atoms. The van der Waals surface area contributed by atoms with E-state index in [-0.39, 0.29) is 5.41 Å². The molecule has 2 heterocycles. The van der Waals surface area contributed by atoms with Crippen molar-refractivity contribution in [3.05, 3.63) is 17.5 Å². The van der Waals surface area contributed by atoms with Gasteiger partial charge in [-0.3, -0.25) is 9.89 Å². The maximum atomic E-state index is 11.2. The Morgan fingerprint density at radius 3 is 3.07 bits per heavy atom. The van der Waals surface area contributed by atoms with Crippen LogP contribution in [-0.2, 0) is 5.41 Å². The predicted molar refractivity (Wildman–Crippen MR) is 56.6 cm³/mol. The van der Waals surface area contributed by atoms with Crippen LogP contribution in [0, 0.1) is 0 Å². The number of H-pyrrole nitrogens is 1. The van der Waals surface area contributed by atoms with Crippen LogP contribution in [0.4, 0.5) is 0 Å². The van der Waals surface area contributed by atoms with Crippen LogP contribution in [0.5, 0.6) is 0 Å². The molecule has 1 amide bonds. The molecule has 5 heteroatoms. The molecular formula is C10H16N4O. The lowest BCUT2D eigenvalue weighted by atomic mass is 9.78. The van der Waals surface area contributed by atoms with Gasteiger partial charge in [0.1, 0.15) is 0 Å². The molecule has 1 aromatic rings. The smallest absolute Gasteiger partial charge is 0.252 e. The van der Waals surface area contributed by atoms with Gasteiger partial charge in [0, 0.05) is 12.0 Å². The van der Waals surface area contributed by atoms with Crippen molar-refractivity contribution in [2.45, 2.75) is 25.2 Å². The molecule has 1 saturated heterocycles. The zero-order chi connectivity index (χ0) is 10.9. The van der Waals surface area contributed by atoms with E-state index in [0.717, 1.165) is 31.6 Å². The van der Waals surface area contributed by atoms with Crippen LogP contribution in [0.15, 0.2) is 6.20 Å². The highest BCUT2D eigenvalue weighted by Gasteiger charge is 2.33. The van der Waals surface area contributed by atoms with Gasteiger partial charge in [0.2, 0.25) is 0 Å². The number of carbonyl (C=O) groups excluding carboxylic acids is 1. The van der Waals surface area contributed by atoms with Crippen molar-refractivity contribution in [3.8, 4) is 0 Å². The topological polar surface area (TPSA) is 83.8 Å². The minimum Gasteiger partial charge on any atom is -0.365 e. The molecule has 5 nitrogen and oxygen atoms in total. The second kappa shape index (κ2) is 3.66. The van der Waals surface area contributed by atoms with Gasteiger partial charge >= 0.3 is 0 Å². The van der Waals surface area contributed by atoms with Crippen molar-refractivity contribution in [3.63, 3.8) is 0 Å². The highest BCUT2D eigenvalue weighted by molar-refractivity contribution is 5.94. The minimum absolute atomic E-state index is 0.0564. The zero-order valence-corrected chi connectivity index (χ0v) is 8.84. The van der Waals surface area contributed by atoms with E-state index in [1.54, 1.807) is 0 Å². The zero-order valence-electron chi connectivity index (χ0n) is 8.84. The van der Waals surface area contributed by atoms with Crippen LogP contribution in [-0.4, -0.2) is 29.2 Å². The first-order valence-electron chi connectivity index (χ1n) is 5.18. The number of rotatable bonds is 2. The number of nitrogens with one attached hydrogen (secondary N) is 2. The molecule has 2 rings (SSSR count). The molecule has 1 atom stereocenters. The molecule has 0 radical (unpaired) electrons. The fourth-order valence-electron chi connectivity index (χ4n) is 2.20. The summed E-state index contributed by atoms with van der Waals surface area (Å²) in [7, 11) is 0. The number of aromatic amines is 1. The molecule has 1 fully saturated rings. The lowest BCUT2D eigenvalue weighted by molar-refractivity contribution is 0.0997. The number of primary amides is 1. The van der Waals surface area contributed by atoms with Crippen molar-refractivity contribution < 1.29 is 4.79 Å². The predicted octanol–water partition coefficient (Wildman–Crippen LogP) is 0.150. The lowest BCUT2D eigenvalue weighted by Crippen LogP contribution is -2.42. The van der Waals surface area contributed by atoms with E-state index in [9.17, 15) is 4.79 Å². The van der Waals surface area contributed by atoms with Crippen LogP contribution < -0.4 is 11.1 Å². The molecule has 1 aliphatic heterocycles. The average Bonchev–Trinajstić information content (AvgIpc) is 2.67. The first-order valence-corrected chi connectivity index (χ1v) is 5.18. The number of amides is 1. The summed E-state index contributed by atoms with van der Waals surface area (Å²) in [6.07, 6.45) is 3.66. The van der Waals surface area contributed by atoms with Crippen molar-refractivity contribution in [1.29, 1.82) is 0 Å². The molecule has 0 bridgehead atoms. The lowest BCUT2D eigenvalue weighted by Gasteiger charge is -2.33. The number of nitrogens with zero attached hydrogens (tertiary/aromatic N) is 1. The summed E-state index contributed by atoms with van der Waals surface area (Å²) in [6.45, 7) is 4.02. The van der Waals surface area contributed by atoms with Gasteiger partial charge in [-0.15, -0.1) is 0 Å². The Kier molecular flexibility index (Phi) is 2.48. The SMILES string of the molecule is C[C@]1(c2[nH]ncc2C(N)=O)CCCNC1. The number of hydrogen-bond acceptors (Lipinski definition) is 3. The molecular weight excluding hydrogens is 192 g/mol. The van der Waals surface area contributed by atoms with E-state index < -0.39 is 5.91 Å². The summed E-state index contributed by atoms with van der Waals surface area (Å²) in [4.78, 5) is 11.2. The molecule has 1 aromatic heterocycles. The molecule has 82 valence electrons. The Balaban J connectivity index is 2.34. The fourth-order valence-corrected chi connectivity index (χ4v) is 2.20. The maximum Gasteiger partial charge on any atom is 0.252 e. The summed E-state index contributed by atoms with van der Waals surface area (Å²) in [5.41, 5.74) is 6.63. The van der Waals surface area contributed by atoms with Gasteiger partial charge in [-0.05, 0) is 19.4 Å². The third-order valence-electron chi connectivity index (χ3n) is 3.11. The summed E-state index contributed by atoms with van der Waals surface area (Å²) in [5.74, 6) is -0.412. The van der Waals surface area contributed by atoms with Gasteiger partial charge in [-0.2, -0.15) is 5.10 Å². The van der Waals surface area contributed by atoms with Crippen molar-refractivity contribution in [2.24, 2.45) is 5.73 Å². The standard InChI is InChI=1S/C10H16N4O/c1-10(3-2-4-12-6-10)8-7(9(11)15)5-13-14-8/h5,12H,2-4,6H2,1H3,(H2,11,15)(H,13,14)/t10-/m0/s1. The highest BCUT2D eigenvalue weighted by Crippen LogP contribution is 2.31. The highest BCUT2D eigenvalue weighted by atomic mass is 16.1. The number of aromatic nitrogens is 2. The molecule has 0 aromatic carbocycles. The van der Waals surface area contributed by atoms with Crippen molar-refractivity contribution in [2.75, 3.05) is 13.1 Å². The second-order valence-electron chi connectivity index (χ2n) is 4.36. The largest absolute Gasteiger partial charge is 0.365 e. The molecule has 0 unspecified atom stereocenters. The van der Waals surface area contributed by atoms with E-state index in [1.807, 2.05) is 0 Å². The first kappa shape index (κ1) is 10.2. The van der Waals surface area contributed by atoms with Gasteiger partial charge < -0.3 is 11.1 Å². The van der Waals surface area contributed by atoms with Crippen molar-refractivity contribution >= 4 is 5.91 Å². The number of hydrogen-bond donors (Lipinski definition) is 3. The quantitative estimate of drug-likeness (QED) is 0.647. The Morgan fingerprint density at radius 1 is 1.67 bits per heavy atom. The Labute approximate surface area is 88.4 Å². The number of nitrogens with two attached hydrogens (primary N) is 1. The first-order chi connectivity index (χ1) is 7.13. The molecule has 15 heavy (non-hydrogen) atoms. The average molecular weight is 208 g/mol. The van der Waals surface area contributed by atoms with E-state index in [1.165, 1.54) is 6.20 Å². The summed E-state index contributed by atoms with van der Waals surface area (Å²) < 4.78 is 0. The van der Waals surface area contributed by atoms with Crippen LogP contribution in [0.3, 0.4) is 0 Å². The monoisotopic (exact) mass is 208 g/mol. The third kappa shape index (κ3) is 1.74. The normalized spacial score (nSPS) is 26.5. The summed E-state index contributed by atoms with van der Waals surface area (Å²) in [5, 5.41) is 10.1. The molecule has 0 saturated carbocycles. The van der Waals surface area contributed by atoms with Crippen molar-refractivity contribution in [1.82, 2.24) is 15.5 Å². The minimum atomic E-state index is -0.412. The van der Waals surface area contributed by atoms with Crippen LogP contribution >= 0.6 is 0 Å². The van der Waals surface area contributed by atoms with E-state index in [4.69, 9.17) is 5.73 Å². The Morgan fingerprint density at radius 2 is 2.47 bits per heavy atom. The Hall–Kier alpha value is -1.36. The van der Waals surface area contributed by atoms with Crippen LogP contribution in [0.2, 0.25) is 0 Å². The van der Waals surface area contributed by atoms with Gasteiger partial charge in [0.15, 0.2) is 0 Å². The van der Waals surface area contributed by atoms with E-state index in [2.05, 4.69) is 22.4 Å². The Bertz CT molecular complexity index is 365. The molecule has 4 N–H and O–H groups in total. The van der Waals surface area contributed by atoms with Gasteiger partial charge in [0.25, 0.3) is 5.91 Å². The maximum absolute atomic E-state index is 11.2. The molecule has 1 aliphatic rings. The second-order valence-corrected chi connectivity index (χ2v) is 4.36. The van der Waals surface area contributed by atoms with Crippen LogP contribution in [0.25, 0.3) is 0 Å². The number of piperidine rings is 1. The van der Waals surface area contributed by atoms with E-state index >= 15 is 0 Å². The summed E-state index contributed by atoms with van der Waals surface area (Å²) >= 11 is 0.